The van der Waals surface area contributed by atoms with Crippen LogP contribution in [0.1, 0.15) is 30.6 Å². The Morgan fingerprint density at radius 1 is 1.00 bits per heavy atom. The summed E-state index contributed by atoms with van der Waals surface area (Å²) >= 11 is 1.48. The first-order valence-corrected chi connectivity index (χ1v) is 9.22. The van der Waals surface area contributed by atoms with Crippen molar-refractivity contribution < 1.29 is 29.1 Å². The lowest BCUT2D eigenvalue weighted by atomic mass is 10.1. The van der Waals surface area contributed by atoms with Gasteiger partial charge in [-0.15, -0.1) is 0 Å². The SMILES string of the molecule is CCC(=O)O/N=C(\C)C(=O)c1ccc(Sc2ccc(OCC(=O)O)cc2)cc1. The molecule has 1 N–H and O–H groups in total. The van der Waals surface area contributed by atoms with Crippen LogP contribution in [0.15, 0.2) is 63.5 Å². The number of ether oxygens (including phenoxy) is 1. The van der Waals surface area contributed by atoms with E-state index < -0.39 is 11.9 Å². The van der Waals surface area contributed by atoms with Gasteiger partial charge in [-0.05, 0) is 55.5 Å². The highest BCUT2D eigenvalue weighted by molar-refractivity contribution is 7.99. The zero-order valence-electron chi connectivity index (χ0n) is 15.4. The highest BCUT2D eigenvalue weighted by Crippen LogP contribution is 2.29. The molecule has 0 radical (unpaired) electrons. The molecule has 28 heavy (non-hydrogen) atoms. The molecule has 7 nitrogen and oxygen atoms in total. The molecule has 0 saturated carbocycles. The molecule has 0 atom stereocenters. The molecule has 0 spiro atoms. The first-order valence-electron chi connectivity index (χ1n) is 8.40. The van der Waals surface area contributed by atoms with Crippen LogP contribution in [0, 0.1) is 0 Å². The molecule has 2 aromatic rings. The van der Waals surface area contributed by atoms with Gasteiger partial charge in [-0.3, -0.25) is 4.79 Å². The molecule has 0 aliphatic carbocycles. The molecule has 0 aliphatic heterocycles. The van der Waals surface area contributed by atoms with Crippen molar-refractivity contribution in [3.05, 3.63) is 54.1 Å². The van der Waals surface area contributed by atoms with Crippen LogP contribution in [-0.4, -0.2) is 35.1 Å². The van der Waals surface area contributed by atoms with E-state index in [1.165, 1.54) is 18.7 Å². The van der Waals surface area contributed by atoms with Crippen LogP contribution in [0.5, 0.6) is 5.75 Å². The number of hydrogen-bond donors (Lipinski definition) is 1. The second kappa shape index (κ2) is 10.3. The van der Waals surface area contributed by atoms with E-state index in [2.05, 4.69) is 9.99 Å². The Balaban J connectivity index is 1.97. The van der Waals surface area contributed by atoms with E-state index in [1.807, 2.05) is 12.1 Å². The van der Waals surface area contributed by atoms with Gasteiger partial charge >= 0.3 is 11.9 Å². The lowest BCUT2D eigenvalue weighted by molar-refractivity contribution is -0.143. The van der Waals surface area contributed by atoms with E-state index in [0.717, 1.165) is 9.79 Å². The lowest BCUT2D eigenvalue weighted by Gasteiger charge is -2.06. The second-order valence-electron chi connectivity index (χ2n) is 5.60. The molecule has 0 aliphatic rings. The Morgan fingerprint density at radius 3 is 2.11 bits per heavy atom. The van der Waals surface area contributed by atoms with Gasteiger partial charge in [-0.25, -0.2) is 9.59 Å². The predicted molar refractivity (Wildman–Crippen MR) is 104 cm³/mol. The average Bonchev–Trinajstić information content (AvgIpc) is 2.71. The fourth-order valence-corrected chi connectivity index (χ4v) is 2.81. The smallest absolute Gasteiger partial charge is 0.341 e. The molecule has 0 amide bonds. The van der Waals surface area contributed by atoms with Gasteiger partial charge in [-0.2, -0.15) is 0 Å². The second-order valence-corrected chi connectivity index (χ2v) is 6.75. The first-order chi connectivity index (χ1) is 13.4. The van der Waals surface area contributed by atoms with E-state index >= 15 is 0 Å². The molecule has 0 saturated heterocycles. The quantitative estimate of drug-likeness (QED) is 0.295. The van der Waals surface area contributed by atoms with Gasteiger partial charge in [0.05, 0.1) is 0 Å². The number of carbonyl (C=O) groups excluding carboxylic acids is 2. The summed E-state index contributed by atoms with van der Waals surface area (Å²) in [5.74, 6) is -1.37. The van der Waals surface area contributed by atoms with Crippen molar-refractivity contribution in [2.24, 2.45) is 5.16 Å². The molecule has 0 heterocycles. The van der Waals surface area contributed by atoms with Crippen LogP contribution >= 0.6 is 11.8 Å². The Labute approximate surface area is 166 Å². The van der Waals surface area contributed by atoms with E-state index in [9.17, 15) is 14.4 Å². The van der Waals surface area contributed by atoms with Crippen molar-refractivity contribution in [2.75, 3.05) is 6.61 Å². The molecule has 0 fully saturated rings. The van der Waals surface area contributed by atoms with Crippen LogP contribution in [0.3, 0.4) is 0 Å². The number of carbonyl (C=O) groups is 3. The van der Waals surface area contributed by atoms with Gasteiger partial charge in [0.15, 0.2) is 6.61 Å². The first kappa shape index (κ1) is 21.2. The number of ketones is 1. The van der Waals surface area contributed by atoms with E-state index in [4.69, 9.17) is 9.84 Å². The molecule has 8 heteroatoms. The lowest BCUT2D eigenvalue weighted by Crippen LogP contribution is -2.12. The number of carboxylic acids is 1. The van der Waals surface area contributed by atoms with Gasteiger partial charge in [0.2, 0.25) is 5.78 Å². The van der Waals surface area contributed by atoms with Crippen molar-refractivity contribution in [1.29, 1.82) is 0 Å². The maximum atomic E-state index is 12.3. The summed E-state index contributed by atoms with van der Waals surface area (Å²) in [6.45, 7) is 2.74. The summed E-state index contributed by atoms with van der Waals surface area (Å²) in [5, 5.41) is 12.2. The maximum Gasteiger partial charge on any atom is 0.341 e. The van der Waals surface area contributed by atoms with Crippen molar-refractivity contribution in [3.63, 3.8) is 0 Å². The van der Waals surface area contributed by atoms with Crippen molar-refractivity contribution in [3.8, 4) is 5.75 Å². The third-order valence-electron chi connectivity index (χ3n) is 3.44. The van der Waals surface area contributed by atoms with Crippen molar-refractivity contribution in [1.82, 2.24) is 0 Å². The molecule has 2 aromatic carbocycles. The summed E-state index contributed by atoms with van der Waals surface area (Å²) in [6, 6.07) is 14.0. The fraction of sp³-hybridized carbons (Fsp3) is 0.200. The fourth-order valence-electron chi connectivity index (χ4n) is 1.99. The van der Waals surface area contributed by atoms with Gasteiger partial charge in [0.25, 0.3) is 0 Å². The number of Topliss-reactive ketones (excluding diaryl/α,β-unsaturated/α-hetero) is 1. The highest BCUT2D eigenvalue weighted by Gasteiger charge is 2.11. The number of carboxylic acid groups (broad SMARTS) is 1. The minimum absolute atomic E-state index is 0.0964. The summed E-state index contributed by atoms with van der Waals surface area (Å²) in [5.41, 5.74) is 0.537. The molecular formula is C20H19NO6S. The Kier molecular flexibility index (Phi) is 7.76. The topological polar surface area (TPSA) is 102 Å². The standard InChI is InChI=1S/C20H19NO6S/c1-3-19(24)27-21-13(2)20(25)14-4-8-16(9-5-14)28-17-10-6-15(7-11-17)26-12-18(22)23/h4-11H,3,12H2,1-2H3,(H,22,23)/b21-13+. The highest BCUT2D eigenvalue weighted by atomic mass is 32.2. The number of hydrogen-bond acceptors (Lipinski definition) is 7. The molecule has 146 valence electrons. The molecule has 2 rings (SSSR count). The van der Waals surface area contributed by atoms with Crippen LogP contribution in [0.25, 0.3) is 0 Å². The summed E-state index contributed by atoms with van der Waals surface area (Å²) in [7, 11) is 0. The molecule has 0 bridgehead atoms. The maximum absolute atomic E-state index is 12.3. The van der Waals surface area contributed by atoms with E-state index in [0.29, 0.717) is 11.3 Å². The number of benzene rings is 2. The zero-order valence-corrected chi connectivity index (χ0v) is 16.2. The third-order valence-corrected chi connectivity index (χ3v) is 4.46. The van der Waals surface area contributed by atoms with Crippen LogP contribution in [-0.2, 0) is 14.4 Å². The zero-order chi connectivity index (χ0) is 20.5. The van der Waals surface area contributed by atoms with Crippen LogP contribution < -0.4 is 4.74 Å². The number of oxime groups is 1. The number of aliphatic carboxylic acids is 1. The van der Waals surface area contributed by atoms with E-state index in [1.54, 1.807) is 43.3 Å². The minimum atomic E-state index is -1.03. The number of nitrogens with zero attached hydrogens (tertiary/aromatic N) is 1. The predicted octanol–water partition coefficient (Wildman–Crippen LogP) is 3.81. The summed E-state index contributed by atoms with van der Waals surface area (Å²) < 4.78 is 5.09. The Bertz CT molecular complexity index is 875. The average molecular weight is 401 g/mol. The van der Waals surface area contributed by atoms with Crippen molar-refractivity contribution >= 4 is 35.2 Å². The third kappa shape index (κ3) is 6.55. The van der Waals surface area contributed by atoms with Gasteiger partial charge in [-0.1, -0.05) is 23.8 Å². The van der Waals surface area contributed by atoms with Crippen LogP contribution in [0.2, 0.25) is 0 Å². The Morgan fingerprint density at radius 2 is 1.57 bits per heavy atom. The van der Waals surface area contributed by atoms with E-state index in [-0.39, 0.29) is 24.5 Å². The van der Waals surface area contributed by atoms with Gasteiger partial charge in [0, 0.05) is 21.8 Å². The van der Waals surface area contributed by atoms with Gasteiger partial charge in [0.1, 0.15) is 11.5 Å². The molecular weight excluding hydrogens is 382 g/mol. The monoisotopic (exact) mass is 401 g/mol. The molecule has 0 unspecified atom stereocenters. The summed E-state index contributed by atoms with van der Waals surface area (Å²) in [6.07, 6.45) is 0.184. The van der Waals surface area contributed by atoms with Gasteiger partial charge < -0.3 is 14.7 Å². The molecule has 0 aromatic heterocycles. The minimum Gasteiger partial charge on any atom is -0.482 e. The summed E-state index contributed by atoms with van der Waals surface area (Å²) in [4.78, 5) is 40.4. The van der Waals surface area contributed by atoms with Crippen molar-refractivity contribution in [2.45, 2.75) is 30.1 Å². The number of rotatable bonds is 9. The largest absolute Gasteiger partial charge is 0.482 e. The normalized spacial score (nSPS) is 11.0. The van der Waals surface area contributed by atoms with Crippen LogP contribution in [0.4, 0.5) is 0 Å². The Hall–Kier alpha value is -3.13.